The van der Waals surface area contributed by atoms with Crippen LogP contribution in [-0.2, 0) is 4.79 Å². The quantitative estimate of drug-likeness (QED) is 0.863. The number of nitrogens with one attached hydrogen (secondary N) is 1. The van der Waals surface area contributed by atoms with Crippen molar-refractivity contribution in [1.29, 1.82) is 0 Å². The highest BCUT2D eigenvalue weighted by Gasteiger charge is 2.17. The summed E-state index contributed by atoms with van der Waals surface area (Å²) >= 11 is 11.7. The van der Waals surface area contributed by atoms with Crippen molar-refractivity contribution in [1.82, 2.24) is 0 Å². The molecule has 0 spiro atoms. The molecule has 23 heavy (non-hydrogen) atoms. The van der Waals surface area contributed by atoms with Crippen molar-refractivity contribution in [3.63, 3.8) is 0 Å². The maximum Gasteiger partial charge on any atom is 0.265 e. The van der Waals surface area contributed by atoms with Gasteiger partial charge in [0.15, 0.2) is 6.10 Å². The number of primary amides is 1. The summed E-state index contributed by atoms with van der Waals surface area (Å²) in [4.78, 5) is 23.5. The van der Waals surface area contributed by atoms with Crippen molar-refractivity contribution in [2.75, 3.05) is 5.32 Å². The Morgan fingerprint density at radius 3 is 2.48 bits per heavy atom. The van der Waals surface area contributed by atoms with Crippen LogP contribution in [0.5, 0.6) is 5.75 Å². The maximum atomic E-state index is 12.2. The first-order valence-corrected chi connectivity index (χ1v) is 7.45. The first-order valence-electron chi connectivity index (χ1n) is 6.70. The van der Waals surface area contributed by atoms with Gasteiger partial charge in [-0.3, -0.25) is 9.59 Å². The molecule has 2 aromatic rings. The lowest BCUT2D eigenvalue weighted by Gasteiger charge is -2.16. The molecule has 0 aliphatic carbocycles. The molecule has 0 aromatic heterocycles. The Labute approximate surface area is 143 Å². The van der Waals surface area contributed by atoms with Crippen molar-refractivity contribution in [3.8, 4) is 5.75 Å². The Bertz CT molecular complexity index is 750. The second kappa shape index (κ2) is 7.35. The number of halogens is 2. The molecule has 0 aliphatic heterocycles. The maximum absolute atomic E-state index is 12.2. The largest absolute Gasteiger partial charge is 0.481 e. The van der Waals surface area contributed by atoms with Crippen LogP contribution in [-0.4, -0.2) is 17.9 Å². The zero-order chi connectivity index (χ0) is 17.0. The van der Waals surface area contributed by atoms with Gasteiger partial charge in [0.25, 0.3) is 11.8 Å². The predicted molar refractivity (Wildman–Crippen MR) is 90.1 cm³/mol. The lowest BCUT2D eigenvalue weighted by Crippen LogP contribution is -2.31. The second-order valence-electron chi connectivity index (χ2n) is 4.74. The molecular formula is C16H14Cl2N2O3. The average molecular weight is 353 g/mol. The molecule has 0 bridgehead atoms. The molecule has 2 amide bonds. The van der Waals surface area contributed by atoms with Crippen LogP contribution in [0.25, 0.3) is 0 Å². The molecule has 0 radical (unpaired) electrons. The zero-order valence-electron chi connectivity index (χ0n) is 12.2. The van der Waals surface area contributed by atoms with Gasteiger partial charge in [0.05, 0.1) is 21.3 Å². The lowest BCUT2D eigenvalue weighted by atomic mass is 10.1. The van der Waals surface area contributed by atoms with Gasteiger partial charge in [-0.25, -0.2) is 0 Å². The number of carbonyl (C=O) groups excluding carboxylic acids is 2. The van der Waals surface area contributed by atoms with E-state index in [0.717, 1.165) is 0 Å². The molecule has 1 unspecified atom stereocenters. The number of anilines is 1. The van der Waals surface area contributed by atoms with Crippen LogP contribution < -0.4 is 15.8 Å². The summed E-state index contributed by atoms with van der Waals surface area (Å²) in [5.41, 5.74) is 5.83. The highest BCUT2D eigenvalue weighted by atomic mass is 35.5. The first-order chi connectivity index (χ1) is 10.9. The number of ether oxygens (including phenoxy) is 1. The van der Waals surface area contributed by atoms with Gasteiger partial charge in [-0.05, 0) is 31.2 Å². The van der Waals surface area contributed by atoms with Crippen molar-refractivity contribution in [2.24, 2.45) is 5.73 Å². The molecule has 0 heterocycles. The van der Waals surface area contributed by atoms with Crippen LogP contribution >= 0.6 is 23.2 Å². The molecule has 0 saturated heterocycles. The molecular weight excluding hydrogens is 339 g/mol. The monoisotopic (exact) mass is 352 g/mol. The normalized spacial score (nSPS) is 11.6. The Morgan fingerprint density at radius 2 is 1.83 bits per heavy atom. The molecule has 0 fully saturated rings. The summed E-state index contributed by atoms with van der Waals surface area (Å²) in [5, 5.41) is 3.34. The van der Waals surface area contributed by atoms with Crippen LogP contribution in [0.2, 0.25) is 10.0 Å². The minimum absolute atomic E-state index is 0.225. The molecule has 2 aromatic carbocycles. The molecule has 1 atom stereocenters. The van der Waals surface area contributed by atoms with Crippen LogP contribution in [0, 0.1) is 0 Å². The Balaban J connectivity index is 2.08. The van der Waals surface area contributed by atoms with E-state index < -0.39 is 17.9 Å². The summed E-state index contributed by atoms with van der Waals surface area (Å²) in [5.74, 6) is -0.644. The number of hydrogen-bond acceptors (Lipinski definition) is 3. The van der Waals surface area contributed by atoms with Crippen molar-refractivity contribution in [3.05, 3.63) is 58.1 Å². The van der Waals surface area contributed by atoms with E-state index >= 15 is 0 Å². The van der Waals surface area contributed by atoms with E-state index in [2.05, 4.69) is 5.32 Å². The Morgan fingerprint density at radius 1 is 1.13 bits per heavy atom. The van der Waals surface area contributed by atoms with E-state index in [9.17, 15) is 9.59 Å². The summed E-state index contributed by atoms with van der Waals surface area (Å²) in [6, 6.07) is 11.2. The van der Waals surface area contributed by atoms with Gasteiger partial charge in [-0.2, -0.15) is 0 Å². The van der Waals surface area contributed by atoms with Gasteiger partial charge in [0, 0.05) is 6.07 Å². The smallest absolute Gasteiger partial charge is 0.265 e. The van der Waals surface area contributed by atoms with Crippen LogP contribution in [0.15, 0.2) is 42.5 Å². The fourth-order valence-electron chi connectivity index (χ4n) is 1.85. The van der Waals surface area contributed by atoms with Gasteiger partial charge in [-0.15, -0.1) is 0 Å². The fourth-order valence-corrected chi connectivity index (χ4v) is 2.14. The van der Waals surface area contributed by atoms with Crippen molar-refractivity contribution < 1.29 is 14.3 Å². The Hall–Kier alpha value is -2.24. The first kappa shape index (κ1) is 17.1. The van der Waals surface area contributed by atoms with Crippen LogP contribution in [0.4, 0.5) is 5.69 Å². The summed E-state index contributed by atoms with van der Waals surface area (Å²) in [6.07, 6.45) is -0.812. The van der Waals surface area contributed by atoms with Crippen LogP contribution in [0.3, 0.4) is 0 Å². The van der Waals surface area contributed by atoms with E-state index in [1.165, 1.54) is 12.1 Å². The third-order valence-electron chi connectivity index (χ3n) is 3.02. The SMILES string of the molecule is CC(Oc1ccc(Cl)c(Cl)c1)C(=O)Nc1ccccc1C(N)=O. The van der Waals surface area contributed by atoms with E-state index in [1.807, 2.05) is 0 Å². The molecule has 2 rings (SSSR count). The average Bonchev–Trinajstić information content (AvgIpc) is 2.51. The Kier molecular flexibility index (Phi) is 5.47. The van der Waals surface area contributed by atoms with Gasteiger partial charge < -0.3 is 15.8 Å². The van der Waals surface area contributed by atoms with E-state index in [0.29, 0.717) is 21.5 Å². The number of amides is 2. The zero-order valence-corrected chi connectivity index (χ0v) is 13.7. The molecule has 0 aliphatic rings. The molecule has 7 heteroatoms. The highest BCUT2D eigenvalue weighted by Crippen LogP contribution is 2.27. The van der Waals surface area contributed by atoms with E-state index in [4.69, 9.17) is 33.7 Å². The topological polar surface area (TPSA) is 81.4 Å². The second-order valence-corrected chi connectivity index (χ2v) is 5.55. The van der Waals surface area contributed by atoms with E-state index in [1.54, 1.807) is 37.3 Å². The molecule has 5 nitrogen and oxygen atoms in total. The number of benzene rings is 2. The summed E-state index contributed by atoms with van der Waals surface area (Å²) in [6.45, 7) is 1.57. The number of nitrogens with two attached hydrogens (primary N) is 1. The minimum Gasteiger partial charge on any atom is -0.481 e. The standard InChI is InChI=1S/C16H14Cl2N2O3/c1-9(23-10-6-7-12(17)13(18)8-10)16(22)20-14-5-3-2-4-11(14)15(19)21/h2-9H,1H3,(H2,19,21)(H,20,22). The summed E-state index contributed by atoms with van der Waals surface area (Å²) in [7, 11) is 0. The van der Waals surface area contributed by atoms with E-state index in [-0.39, 0.29) is 5.56 Å². The third kappa shape index (κ3) is 4.37. The molecule has 0 saturated carbocycles. The number of hydrogen-bond donors (Lipinski definition) is 2. The van der Waals surface area contributed by atoms with Gasteiger partial charge >= 0.3 is 0 Å². The molecule has 3 N–H and O–H groups in total. The minimum atomic E-state index is -0.812. The van der Waals surface area contributed by atoms with Gasteiger partial charge in [-0.1, -0.05) is 35.3 Å². The van der Waals surface area contributed by atoms with Crippen molar-refractivity contribution >= 4 is 40.7 Å². The highest BCUT2D eigenvalue weighted by molar-refractivity contribution is 6.42. The number of para-hydroxylation sites is 1. The van der Waals surface area contributed by atoms with Gasteiger partial charge in [0.2, 0.25) is 0 Å². The predicted octanol–water partition coefficient (Wildman–Crippen LogP) is 3.50. The fraction of sp³-hybridized carbons (Fsp3) is 0.125. The van der Waals surface area contributed by atoms with Gasteiger partial charge in [0.1, 0.15) is 5.75 Å². The molecule has 120 valence electrons. The number of rotatable bonds is 5. The third-order valence-corrected chi connectivity index (χ3v) is 3.76. The van der Waals surface area contributed by atoms with Crippen LogP contribution in [0.1, 0.15) is 17.3 Å². The van der Waals surface area contributed by atoms with Crippen molar-refractivity contribution in [2.45, 2.75) is 13.0 Å². The summed E-state index contributed by atoms with van der Waals surface area (Å²) < 4.78 is 5.51. The number of carbonyl (C=O) groups is 2. The lowest BCUT2D eigenvalue weighted by molar-refractivity contribution is -0.122.